The highest BCUT2D eigenvalue weighted by Gasteiger charge is 2.16. The quantitative estimate of drug-likeness (QED) is 0.836. The van der Waals surface area contributed by atoms with Gasteiger partial charge in [0.1, 0.15) is 5.82 Å². The molecule has 94 valence electrons. The molecule has 0 aromatic carbocycles. The number of aromatic nitrogens is 1. The zero-order valence-electron chi connectivity index (χ0n) is 10.8. The summed E-state index contributed by atoms with van der Waals surface area (Å²) in [6.07, 6.45) is 1.36. The molecule has 0 bridgehead atoms. The number of hydrogen-bond acceptors (Lipinski definition) is 4. The normalized spacial score (nSPS) is 19.4. The monoisotopic (exact) mass is 235 g/mol. The summed E-state index contributed by atoms with van der Waals surface area (Å²) in [7, 11) is 2.15. The van der Waals surface area contributed by atoms with Crippen molar-refractivity contribution in [2.45, 2.75) is 20.0 Å². The zero-order valence-corrected chi connectivity index (χ0v) is 10.8. The van der Waals surface area contributed by atoms with E-state index < -0.39 is 6.10 Å². The minimum absolute atomic E-state index is 0.441. The van der Waals surface area contributed by atoms with E-state index in [0.29, 0.717) is 0 Å². The van der Waals surface area contributed by atoms with Gasteiger partial charge in [0.15, 0.2) is 0 Å². The van der Waals surface area contributed by atoms with Gasteiger partial charge in [-0.3, -0.25) is 0 Å². The topological polar surface area (TPSA) is 39.6 Å². The number of pyridine rings is 1. The lowest BCUT2D eigenvalue weighted by atomic mass is 10.1. The van der Waals surface area contributed by atoms with Gasteiger partial charge in [-0.25, -0.2) is 4.98 Å². The van der Waals surface area contributed by atoms with E-state index in [1.807, 2.05) is 6.92 Å². The number of aliphatic hydroxyl groups excluding tert-OH is 1. The first-order chi connectivity index (χ1) is 8.08. The molecule has 0 radical (unpaired) electrons. The predicted octanol–water partition coefficient (Wildman–Crippen LogP) is 1.20. The smallest absolute Gasteiger partial charge is 0.128 e. The number of hydrogen-bond donors (Lipinski definition) is 1. The number of aliphatic hydroxyl groups is 1. The van der Waals surface area contributed by atoms with Gasteiger partial charge in [-0.15, -0.1) is 0 Å². The summed E-state index contributed by atoms with van der Waals surface area (Å²) >= 11 is 0. The van der Waals surface area contributed by atoms with E-state index in [0.717, 1.165) is 43.1 Å². The van der Waals surface area contributed by atoms with E-state index in [4.69, 9.17) is 0 Å². The number of anilines is 1. The Hall–Kier alpha value is -1.13. The largest absolute Gasteiger partial charge is 0.389 e. The molecule has 1 N–H and O–H groups in total. The van der Waals surface area contributed by atoms with Gasteiger partial charge in [0.2, 0.25) is 0 Å². The van der Waals surface area contributed by atoms with Crippen LogP contribution in [0.4, 0.5) is 5.82 Å². The summed E-state index contributed by atoms with van der Waals surface area (Å²) in [4.78, 5) is 9.09. The standard InChI is InChI=1S/C13H21N3O/c1-10-8-13(14-9-12(10)11(2)17)16-6-4-15(3)5-7-16/h8-9,11,17H,4-7H2,1-3H3/t11-/m1/s1. The highest BCUT2D eigenvalue weighted by Crippen LogP contribution is 2.21. The maximum absolute atomic E-state index is 9.58. The van der Waals surface area contributed by atoms with E-state index in [1.54, 1.807) is 13.1 Å². The molecular formula is C13H21N3O. The minimum Gasteiger partial charge on any atom is -0.389 e. The van der Waals surface area contributed by atoms with Gasteiger partial charge in [-0.2, -0.15) is 0 Å². The number of piperazine rings is 1. The second-order valence-corrected chi connectivity index (χ2v) is 4.87. The Labute approximate surface area is 103 Å². The van der Waals surface area contributed by atoms with Gasteiger partial charge in [0.05, 0.1) is 6.10 Å². The highest BCUT2D eigenvalue weighted by atomic mass is 16.3. The molecule has 0 aliphatic carbocycles. The fourth-order valence-corrected chi connectivity index (χ4v) is 2.20. The van der Waals surface area contributed by atoms with Crippen LogP contribution in [-0.2, 0) is 0 Å². The maximum Gasteiger partial charge on any atom is 0.128 e. The molecule has 1 aliphatic heterocycles. The molecule has 1 aliphatic rings. The van der Waals surface area contributed by atoms with Crippen molar-refractivity contribution >= 4 is 5.82 Å². The molecule has 1 saturated heterocycles. The molecule has 0 spiro atoms. The van der Waals surface area contributed by atoms with Crippen molar-refractivity contribution in [2.24, 2.45) is 0 Å². The second kappa shape index (κ2) is 5.02. The lowest BCUT2D eigenvalue weighted by molar-refractivity contribution is 0.198. The van der Waals surface area contributed by atoms with Crippen molar-refractivity contribution in [1.29, 1.82) is 0 Å². The van der Waals surface area contributed by atoms with Crippen LogP contribution >= 0.6 is 0 Å². The summed E-state index contributed by atoms with van der Waals surface area (Å²) in [5, 5.41) is 9.58. The van der Waals surface area contributed by atoms with Crippen LogP contribution in [0.15, 0.2) is 12.3 Å². The fourth-order valence-electron chi connectivity index (χ4n) is 2.20. The molecule has 1 aromatic heterocycles. The van der Waals surface area contributed by atoms with E-state index in [1.165, 1.54) is 0 Å². The third-order valence-electron chi connectivity index (χ3n) is 3.41. The predicted molar refractivity (Wildman–Crippen MR) is 69.3 cm³/mol. The van der Waals surface area contributed by atoms with Crippen LogP contribution in [0.25, 0.3) is 0 Å². The molecule has 1 fully saturated rings. The Morgan fingerprint density at radius 1 is 1.29 bits per heavy atom. The summed E-state index contributed by atoms with van der Waals surface area (Å²) in [5.74, 6) is 1.03. The van der Waals surface area contributed by atoms with Gasteiger partial charge < -0.3 is 14.9 Å². The van der Waals surface area contributed by atoms with Crippen LogP contribution in [0.1, 0.15) is 24.2 Å². The molecule has 1 aromatic rings. The van der Waals surface area contributed by atoms with Crippen molar-refractivity contribution < 1.29 is 5.11 Å². The lowest BCUT2D eigenvalue weighted by Gasteiger charge is -2.33. The fraction of sp³-hybridized carbons (Fsp3) is 0.615. The Morgan fingerprint density at radius 2 is 1.94 bits per heavy atom. The first kappa shape index (κ1) is 12.3. The third-order valence-corrected chi connectivity index (χ3v) is 3.41. The number of rotatable bonds is 2. The van der Waals surface area contributed by atoms with Gasteiger partial charge in [0, 0.05) is 37.9 Å². The molecule has 0 saturated carbocycles. The zero-order chi connectivity index (χ0) is 12.4. The van der Waals surface area contributed by atoms with Crippen LogP contribution in [0.2, 0.25) is 0 Å². The summed E-state index contributed by atoms with van der Waals surface area (Å²) < 4.78 is 0. The maximum atomic E-state index is 9.58. The van der Waals surface area contributed by atoms with Crippen LogP contribution in [0.5, 0.6) is 0 Å². The van der Waals surface area contributed by atoms with E-state index in [2.05, 4.69) is 27.9 Å². The average Bonchev–Trinajstić information content (AvgIpc) is 2.29. The number of likely N-dealkylation sites (N-methyl/N-ethyl adjacent to an activating group) is 1. The van der Waals surface area contributed by atoms with Gasteiger partial charge >= 0.3 is 0 Å². The molecule has 4 nitrogen and oxygen atoms in total. The van der Waals surface area contributed by atoms with Crippen LogP contribution in [-0.4, -0.2) is 48.2 Å². The van der Waals surface area contributed by atoms with Gasteiger partial charge in [-0.05, 0) is 32.5 Å². The number of nitrogens with zero attached hydrogens (tertiary/aromatic N) is 3. The van der Waals surface area contributed by atoms with Crippen molar-refractivity contribution in [3.63, 3.8) is 0 Å². The lowest BCUT2D eigenvalue weighted by Crippen LogP contribution is -2.44. The van der Waals surface area contributed by atoms with Crippen molar-refractivity contribution in [3.8, 4) is 0 Å². The Morgan fingerprint density at radius 3 is 2.47 bits per heavy atom. The minimum atomic E-state index is -0.441. The molecule has 0 amide bonds. The Balaban J connectivity index is 2.14. The molecule has 2 rings (SSSR count). The van der Waals surface area contributed by atoms with Crippen LogP contribution in [0, 0.1) is 6.92 Å². The Kier molecular flexibility index (Phi) is 3.64. The molecule has 1 atom stereocenters. The van der Waals surface area contributed by atoms with Gasteiger partial charge in [0.25, 0.3) is 0 Å². The number of aryl methyl sites for hydroxylation is 1. The molecule has 0 unspecified atom stereocenters. The second-order valence-electron chi connectivity index (χ2n) is 4.87. The van der Waals surface area contributed by atoms with Crippen molar-refractivity contribution in [2.75, 3.05) is 38.1 Å². The molecule has 4 heteroatoms. The van der Waals surface area contributed by atoms with Gasteiger partial charge in [-0.1, -0.05) is 0 Å². The summed E-state index contributed by atoms with van der Waals surface area (Å²) in [5.41, 5.74) is 2.03. The SMILES string of the molecule is Cc1cc(N2CCN(C)CC2)ncc1[C@@H](C)O. The van der Waals surface area contributed by atoms with Crippen LogP contribution < -0.4 is 4.90 Å². The Bertz CT molecular complexity index is 384. The molecule has 2 heterocycles. The van der Waals surface area contributed by atoms with E-state index >= 15 is 0 Å². The van der Waals surface area contributed by atoms with E-state index in [9.17, 15) is 5.11 Å². The summed E-state index contributed by atoms with van der Waals surface area (Å²) in [6, 6.07) is 2.08. The summed E-state index contributed by atoms with van der Waals surface area (Å²) in [6.45, 7) is 8.02. The first-order valence-electron chi connectivity index (χ1n) is 6.16. The van der Waals surface area contributed by atoms with Crippen LogP contribution in [0.3, 0.4) is 0 Å². The average molecular weight is 235 g/mol. The highest BCUT2D eigenvalue weighted by molar-refractivity contribution is 5.44. The van der Waals surface area contributed by atoms with Crippen molar-refractivity contribution in [1.82, 2.24) is 9.88 Å². The molecular weight excluding hydrogens is 214 g/mol. The van der Waals surface area contributed by atoms with Crippen molar-refractivity contribution in [3.05, 3.63) is 23.4 Å². The first-order valence-corrected chi connectivity index (χ1v) is 6.16. The van der Waals surface area contributed by atoms with E-state index in [-0.39, 0.29) is 0 Å². The molecule has 17 heavy (non-hydrogen) atoms. The third kappa shape index (κ3) is 2.76.